The van der Waals surface area contributed by atoms with E-state index in [1.165, 1.54) is 6.39 Å². The number of ketones is 1. The van der Waals surface area contributed by atoms with Crippen molar-refractivity contribution in [2.45, 2.75) is 38.2 Å². The lowest BCUT2D eigenvalue weighted by Gasteiger charge is -2.14. The van der Waals surface area contributed by atoms with Gasteiger partial charge in [-0.15, -0.1) is 0 Å². The molecule has 1 saturated carbocycles. The van der Waals surface area contributed by atoms with E-state index in [1.54, 1.807) is 6.92 Å². The lowest BCUT2D eigenvalue weighted by Crippen LogP contribution is -2.16. The van der Waals surface area contributed by atoms with E-state index < -0.39 is 12.2 Å². The number of rotatable bonds is 7. The van der Waals surface area contributed by atoms with Gasteiger partial charge in [0, 0.05) is 5.56 Å². The standard InChI is InChI=1S/C29H26N2O4/c1-19(21-6-4-3-5-7-21)35-28(33)31-27-26(34-18-30-27)24-10-8-22(9-11-24)23-12-14-25(15-13-23)29(16-17-29)20(2)32/h3-15,18-19H,16-17H2,1-2H3,(H,31,33)/t19-/m1/s1. The predicted octanol–water partition coefficient (Wildman–Crippen LogP) is 6.94. The normalized spacial score (nSPS) is 14.7. The van der Waals surface area contributed by atoms with Crippen LogP contribution in [0.1, 0.15) is 43.9 Å². The highest BCUT2D eigenvalue weighted by molar-refractivity contribution is 5.91. The number of oxazole rings is 1. The number of Topliss-reactive ketones (excluding diaryl/α,β-unsaturated/α-hetero) is 1. The Hall–Kier alpha value is -4.19. The van der Waals surface area contributed by atoms with Gasteiger partial charge in [-0.1, -0.05) is 78.9 Å². The molecule has 1 fully saturated rings. The third-order valence-corrected chi connectivity index (χ3v) is 6.68. The Morgan fingerprint density at radius 1 is 0.914 bits per heavy atom. The molecule has 35 heavy (non-hydrogen) atoms. The van der Waals surface area contributed by atoms with Crippen molar-refractivity contribution in [1.82, 2.24) is 4.98 Å². The first kappa shape index (κ1) is 22.6. The molecule has 1 amide bonds. The average Bonchev–Trinajstić information content (AvgIpc) is 3.58. The third-order valence-electron chi connectivity index (χ3n) is 6.68. The van der Waals surface area contributed by atoms with Gasteiger partial charge in [-0.05, 0) is 48.9 Å². The van der Waals surface area contributed by atoms with Crippen molar-refractivity contribution in [2.75, 3.05) is 5.32 Å². The van der Waals surface area contributed by atoms with Crippen LogP contribution in [0.4, 0.5) is 10.6 Å². The second kappa shape index (κ2) is 9.22. The Morgan fingerprint density at radius 3 is 2.11 bits per heavy atom. The average molecular weight is 467 g/mol. The van der Waals surface area contributed by atoms with Crippen molar-refractivity contribution in [2.24, 2.45) is 0 Å². The molecule has 6 heteroatoms. The number of carbonyl (C=O) groups is 2. The van der Waals surface area contributed by atoms with Gasteiger partial charge in [0.15, 0.2) is 18.0 Å². The number of anilines is 1. The summed E-state index contributed by atoms with van der Waals surface area (Å²) in [7, 11) is 0. The van der Waals surface area contributed by atoms with E-state index in [1.807, 2.05) is 61.5 Å². The molecule has 1 atom stereocenters. The number of nitrogens with zero attached hydrogens (tertiary/aromatic N) is 1. The minimum Gasteiger partial charge on any atom is -0.441 e. The number of carbonyl (C=O) groups excluding carboxylic acids is 2. The SMILES string of the molecule is CC(=O)C1(c2ccc(-c3ccc(-c4ocnc4NC(=O)O[C@H](C)c4ccccc4)cc3)cc2)CC1. The number of benzene rings is 3. The van der Waals surface area contributed by atoms with Crippen LogP contribution < -0.4 is 5.32 Å². The van der Waals surface area contributed by atoms with E-state index in [9.17, 15) is 9.59 Å². The zero-order valence-corrected chi connectivity index (χ0v) is 19.7. The summed E-state index contributed by atoms with van der Waals surface area (Å²) in [6, 6.07) is 25.6. The fourth-order valence-electron chi connectivity index (χ4n) is 4.38. The highest BCUT2D eigenvalue weighted by Gasteiger charge is 2.48. The Balaban J connectivity index is 1.27. The van der Waals surface area contributed by atoms with Crippen LogP contribution in [0.3, 0.4) is 0 Å². The molecule has 5 rings (SSSR count). The van der Waals surface area contributed by atoms with Gasteiger partial charge in [0.1, 0.15) is 11.9 Å². The summed E-state index contributed by atoms with van der Waals surface area (Å²) in [6.45, 7) is 3.49. The zero-order chi connectivity index (χ0) is 24.4. The van der Waals surface area contributed by atoms with Crippen LogP contribution in [0, 0.1) is 0 Å². The second-order valence-corrected chi connectivity index (χ2v) is 8.91. The van der Waals surface area contributed by atoms with Gasteiger partial charge in [0.2, 0.25) is 0 Å². The quantitative estimate of drug-likeness (QED) is 0.319. The Labute approximate surface area is 204 Å². The number of amides is 1. The topological polar surface area (TPSA) is 81.4 Å². The van der Waals surface area contributed by atoms with E-state index >= 15 is 0 Å². The smallest absolute Gasteiger partial charge is 0.413 e. The van der Waals surface area contributed by atoms with Gasteiger partial charge in [-0.2, -0.15) is 4.98 Å². The van der Waals surface area contributed by atoms with E-state index in [0.717, 1.165) is 40.7 Å². The number of nitrogens with one attached hydrogen (secondary N) is 1. The maximum atomic E-state index is 12.4. The molecule has 1 aromatic heterocycles. The summed E-state index contributed by atoms with van der Waals surface area (Å²) in [4.78, 5) is 28.6. The van der Waals surface area contributed by atoms with Crippen LogP contribution >= 0.6 is 0 Å². The van der Waals surface area contributed by atoms with E-state index in [2.05, 4.69) is 34.6 Å². The van der Waals surface area contributed by atoms with Gasteiger partial charge < -0.3 is 9.15 Å². The molecule has 0 saturated heterocycles. The molecule has 1 N–H and O–H groups in total. The molecule has 0 spiro atoms. The number of aromatic nitrogens is 1. The van der Waals surface area contributed by atoms with Crippen molar-refractivity contribution in [1.29, 1.82) is 0 Å². The molecule has 1 aliphatic rings. The van der Waals surface area contributed by atoms with E-state index in [4.69, 9.17) is 9.15 Å². The van der Waals surface area contributed by atoms with Crippen molar-refractivity contribution in [3.05, 3.63) is 96.4 Å². The van der Waals surface area contributed by atoms with E-state index in [-0.39, 0.29) is 11.2 Å². The molecule has 1 aliphatic carbocycles. The van der Waals surface area contributed by atoms with Crippen LogP contribution in [0.5, 0.6) is 0 Å². The van der Waals surface area contributed by atoms with Crippen LogP contribution in [-0.4, -0.2) is 16.9 Å². The zero-order valence-electron chi connectivity index (χ0n) is 19.7. The lowest BCUT2D eigenvalue weighted by molar-refractivity contribution is -0.119. The first-order valence-corrected chi connectivity index (χ1v) is 11.6. The molecule has 0 radical (unpaired) electrons. The number of ether oxygens (including phenoxy) is 1. The summed E-state index contributed by atoms with van der Waals surface area (Å²) in [5, 5.41) is 2.68. The maximum absolute atomic E-state index is 12.4. The van der Waals surface area contributed by atoms with Gasteiger partial charge in [0.05, 0.1) is 5.41 Å². The molecule has 4 aromatic rings. The predicted molar refractivity (Wildman–Crippen MR) is 134 cm³/mol. The van der Waals surface area contributed by atoms with Crippen LogP contribution in [-0.2, 0) is 14.9 Å². The summed E-state index contributed by atoms with van der Waals surface area (Å²) < 4.78 is 11.0. The fraction of sp³-hybridized carbons (Fsp3) is 0.207. The Kier molecular flexibility index (Phi) is 5.95. The van der Waals surface area contributed by atoms with Crippen molar-refractivity contribution in [3.63, 3.8) is 0 Å². The number of hydrogen-bond acceptors (Lipinski definition) is 5. The van der Waals surface area contributed by atoms with Crippen LogP contribution in [0.15, 0.2) is 89.7 Å². The summed E-state index contributed by atoms with van der Waals surface area (Å²) in [5.41, 5.74) is 4.62. The summed E-state index contributed by atoms with van der Waals surface area (Å²) >= 11 is 0. The highest BCUT2D eigenvalue weighted by atomic mass is 16.6. The lowest BCUT2D eigenvalue weighted by atomic mass is 9.90. The van der Waals surface area contributed by atoms with Gasteiger partial charge >= 0.3 is 6.09 Å². The van der Waals surface area contributed by atoms with Crippen molar-refractivity contribution < 1.29 is 18.7 Å². The van der Waals surface area contributed by atoms with Crippen molar-refractivity contribution >= 4 is 17.7 Å². The molecular formula is C29H26N2O4. The van der Waals surface area contributed by atoms with Crippen molar-refractivity contribution in [3.8, 4) is 22.5 Å². The molecular weight excluding hydrogens is 440 g/mol. The molecule has 1 heterocycles. The molecule has 176 valence electrons. The molecule has 0 aliphatic heterocycles. The second-order valence-electron chi connectivity index (χ2n) is 8.91. The molecule has 0 unspecified atom stereocenters. The third kappa shape index (κ3) is 4.60. The van der Waals surface area contributed by atoms with Crippen LogP contribution in [0.25, 0.3) is 22.5 Å². The maximum Gasteiger partial charge on any atom is 0.413 e. The summed E-state index contributed by atoms with van der Waals surface area (Å²) in [5.74, 6) is 0.990. The van der Waals surface area contributed by atoms with Gasteiger partial charge in [-0.3, -0.25) is 10.1 Å². The highest BCUT2D eigenvalue weighted by Crippen LogP contribution is 2.49. The largest absolute Gasteiger partial charge is 0.441 e. The summed E-state index contributed by atoms with van der Waals surface area (Å²) in [6.07, 6.45) is 2.15. The molecule has 6 nitrogen and oxygen atoms in total. The molecule has 0 bridgehead atoms. The Bertz CT molecular complexity index is 1340. The first-order chi connectivity index (χ1) is 17.0. The van der Waals surface area contributed by atoms with Crippen LogP contribution in [0.2, 0.25) is 0 Å². The van der Waals surface area contributed by atoms with E-state index in [0.29, 0.717) is 11.6 Å². The first-order valence-electron chi connectivity index (χ1n) is 11.6. The minimum atomic E-state index is -0.604. The Morgan fingerprint density at radius 2 is 1.51 bits per heavy atom. The van der Waals surface area contributed by atoms with Gasteiger partial charge in [0.25, 0.3) is 0 Å². The number of hydrogen-bond donors (Lipinski definition) is 1. The molecule has 3 aromatic carbocycles. The minimum absolute atomic E-state index is 0.240. The van der Waals surface area contributed by atoms with Gasteiger partial charge in [-0.25, -0.2) is 4.79 Å². The fourth-order valence-corrected chi connectivity index (χ4v) is 4.38. The monoisotopic (exact) mass is 466 g/mol.